The Morgan fingerprint density at radius 3 is 2.60 bits per heavy atom. The number of halogens is 1. The van der Waals surface area contributed by atoms with E-state index in [1.165, 1.54) is 6.20 Å². The van der Waals surface area contributed by atoms with Crippen molar-refractivity contribution in [1.82, 2.24) is 14.4 Å². The summed E-state index contributed by atoms with van der Waals surface area (Å²) in [6.07, 6.45) is 3.24. The van der Waals surface area contributed by atoms with Crippen LogP contribution < -0.4 is 0 Å². The van der Waals surface area contributed by atoms with Gasteiger partial charge in [-0.1, -0.05) is 0 Å². The first-order valence-corrected chi connectivity index (χ1v) is 4.14. The first kappa shape index (κ1) is 11.5. The molecule has 80 valence electrons. The van der Waals surface area contributed by atoms with Crippen molar-refractivity contribution < 1.29 is 9.90 Å². The maximum Gasteiger partial charge on any atom is 0.356 e. The van der Waals surface area contributed by atoms with Crippen LogP contribution in [0.3, 0.4) is 0 Å². The van der Waals surface area contributed by atoms with Crippen LogP contribution in [-0.4, -0.2) is 25.4 Å². The molecule has 1 N–H and O–H groups in total. The molecule has 0 unspecified atom stereocenters. The number of rotatable bonds is 1. The highest BCUT2D eigenvalue weighted by Gasteiger charge is 2.10. The van der Waals surface area contributed by atoms with E-state index < -0.39 is 5.97 Å². The average molecular weight is 228 g/mol. The van der Waals surface area contributed by atoms with Gasteiger partial charge in [0.25, 0.3) is 0 Å². The highest BCUT2D eigenvalue weighted by Crippen LogP contribution is 2.09. The normalized spacial score (nSPS) is 10.0. The van der Waals surface area contributed by atoms with Gasteiger partial charge in [0.2, 0.25) is 0 Å². The van der Waals surface area contributed by atoms with E-state index in [0.29, 0.717) is 5.65 Å². The highest BCUT2D eigenvalue weighted by molar-refractivity contribution is 5.86. The summed E-state index contributed by atoms with van der Waals surface area (Å²) in [6.45, 7) is 3.66. The van der Waals surface area contributed by atoms with Gasteiger partial charge in [-0.05, 0) is 13.8 Å². The average Bonchev–Trinajstić information content (AvgIpc) is 2.47. The fraction of sp³-hybridized carbons (Fsp3) is 0.222. The largest absolute Gasteiger partial charge is 0.476 e. The summed E-state index contributed by atoms with van der Waals surface area (Å²) in [5, 5.41) is 8.75. The van der Waals surface area contributed by atoms with E-state index in [0.717, 1.165) is 11.4 Å². The minimum absolute atomic E-state index is 0. The van der Waals surface area contributed by atoms with Gasteiger partial charge in [-0.15, -0.1) is 12.4 Å². The fourth-order valence-electron chi connectivity index (χ4n) is 1.41. The van der Waals surface area contributed by atoms with Crippen molar-refractivity contribution in [3.63, 3.8) is 0 Å². The molecule has 0 radical (unpaired) electrons. The second-order valence-electron chi connectivity index (χ2n) is 3.13. The summed E-state index contributed by atoms with van der Waals surface area (Å²) < 4.78 is 1.68. The Hall–Kier alpha value is -1.62. The van der Waals surface area contributed by atoms with E-state index in [9.17, 15) is 4.79 Å². The van der Waals surface area contributed by atoms with Crippen molar-refractivity contribution in [2.45, 2.75) is 13.8 Å². The first-order chi connectivity index (χ1) is 6.58. The summed E-state index contributed by atoms with van der Waals surface area (Å²) in [5.74, 6) is -1.02. The number of imidazole rings is 1. The maximum atomic E-state index is 10.7. The lowest BCUT2D eigenvalue weighted by atomic mass is 10.4. The van der Waals surface area contributed by atoms with Gasteiger partial charge in [-0.25, -0.2) is 9.78 Å². The molecule has 2 aromatic heterocycles. The molecule has 0 aliphatic carbocycles. The summed E-state index contributed by atoms with van der Waals surface area (Å²) in [5.41, 5.74) is 2.20. The summed E-state index contributed by atoms with van der Waals surface area (Å²) >= 11 is 0. The second kappa shape index (κ2) is 3.86. The van der Waals surface area contributed by atoms with Crippen LogP contribution in [0.2, 0.25) is 0 Å². The molecule has 5 nitrogen and oxygen atoms in total. The predicted octanol–water partition coefficient (Wildman–Crippen LogP) is 1.47. The van der Waals surface area contributed by atoms with Crippen molar-refractivity contribution >= 4 is 24.0 Å². The molecular weight excluding hydrogens is 218 g/mol. The molecule has 6 heteroatoms. The molecule has 0 saturated heterocycles. The number of aromatic carboxylic acids is 1. The van der Waals surface area contributed by atoms with Gasteiger partial charge < -0.3 is 9.51 Å². The van der Waals surface area contributed by atoms with E-state index in [-0.39, 0.29) is 18.1 Å². The molecule has 0 bridgehead atoms. The van der Waals surface area contributed by atoms with Crippen molar-refractivity contribution in [3.05, 3.63) is 29.5 Å². The molecule has 0 spiro atoms. The Balaban J connectivity index is 0.00000112. The standard InChI is InChI=1S/C9H9N3O2.ClH/c1-5-3-12-4-7(9(13)14)11-8(12)6(2)10-5;/h3-4H,1-2H3,(H,13,14);1H. The molecule has 2 aromatic rings. The van der Waals surface area contributed by atoms with Crippen LogP contribution >= 0.6 is 12.4 Å². The Kier molecular flexibility index (Phi) is 2.95. The van der Waals surface area contributed by atoms with Gasteiger partial charge in [-0.2, -0.15) is 0 Å². The molecule has 2 rings (SSSR count). The van der Waals surface area contributed by atoms with Crippen LogP contribution in [0, 0.1) is 13.8 Å². The zero-order valence-electron chi connectivity index (χ0n) is 8.26. The van der Waals surface area contributed by atoms with Crippen molar-refractivity contribution in [2.24, 2.45) is 0 Å². The third kappa shape index (κ3) is 1.92. The molecule has 2 heterocycles. The van der Waals surface area contributed by atoms with Crippen LogP contribution in [0.15, 0.2) is 12.4 Å². The highest BCUT2D eigenvalue weighted by atomic mass is 35.5. The third-order valence-corrected chi connectivity index (χ3v) is 1.94. The zero-order chi connectivity index (χ0) is 10.3. The second-order valence-corrected chi connectivity index (χ2v) is 3.13. The molecular formula is C9H10ClN3O2. The van der Waals surface area contributed by atoms with Gasteiger partial charge >= 0.3 is 5.97 Å². The fourth-order valence-corrected chi connectivity index (χ4v) is 1.41. The van der Waals surface area contributed by atoms with E-state index in [2.05, 4.69) is 9.97 Å². The number of carboxylic acids is 1. The van der Waals surface area contributed by atoms with Crippen LogP contribution in [0.1, 0.15) is 21.9 Å². The van der Waals surface area contributed by atoms with Gasteiger partial charge in [0.05, 0.1) is 11.4 Å². The van der Waals surface area contributed by atoms with Gasteiger partial charge in [0.15, 0.2) is 11.3 Å². The quantitative estimate of drug-likeness (QED) is 0.801. The monoisotopic (exact) mass is 227 g/mol. The summed E-state index contributed by atoms with van der Waals surface area (Å²) in [4.78, 5) is 18.8. The summed E-state index contributed by atoms with van der Waals surface area (Å²) in [7, 11) is 0. The number of nitrogens with zero attached hydrogens (tertiary/aromatic N) is 3. The number of fused-ring (bicyclic) bond motifs is 1. The number of hydrogen-bond acceptors (Lipinski definition) is 3. The first-order valence-electron chi connectivity index (χ1n) is 4.14. The topological polar surface area (TPSA) is 67.5 Å². The van der Waals surface area contributed by atoms with Crippen LogP contribution in [0.5, 0.6) is 0 Å². The number of aromatic nitrogens is 3. The van der Waals surface area contributed by atoms with E-state index in [4.69, 9.17) is 5.11 Å². The van der Waals surface area contributed by atoms with Crippen LogP contribution in [0.25, 0.3) is 5.65 Å². The molecule has 15 heavy (non-hydrogen) atoms. The van der Waals surface area contributed by atoms with E-state index in [1.807, 2.05) is 6.92 Å². The van der Waals surface area contributed by atoms with E-state index in [1.54, 1.807) is 17.5 Å². The number of carboxylic acid groups (broad SMARTS) is 1. The third-order valence-electron chi connectivity index (χ3n) is 1.94. The lowest BCUT2D eigenvalue weighted by Crippen LogP contribution is -1.95. The van der Waals surface area contributed by atoms with Crippen molar-refractivity contribution in [3.8, 4) is 0 Å². The Labute approximate surface area is 92.2 Å². The molecule has 0 atom stereocenters. The Bertz CT molecular complexity index is 521. The van der Waals surface area contributed by atoms with Crippen molar-refractivity contribution in [2.75, 3.05) is 0 Å². The molecule has 0 fully saturated rings. The molecule has 0 aromatic carbocycles. The minimum Gasteiger partial charge on any atom is -0.476 e. The van der Waals surface area contributed by atoms with Crippen LogP contribution in [-0.2, 0) is 0 Å². The van der Waals surface area contributed by atoms with Crippen molar-refractivity contribution in [1.29, 1.82) is 0 Å². The summed E-state index contributed by atoms with van der Waals surface area (Å²) in [6, 6.07) is 0. The molecule has 0 aliphatic heterocycles. The Morgan fingerprint density at radius 1 is 1.33 bits per heavy atom. The number of carbonyl (C=O) groups is 1. The number of aryl methyl sites for hydroxylation is 2. The lowest BCUT2D eigenvalue weighted by molar-refractivity contribution is 0.0691. The Morgan fingerprint density at radius 2 is 2.00 bits per heavy atom. The predicted molar refractivity (Wildman–Crippen MR) is 56.7 cm³/mol. The zero-order valence-corrected chi connectivity index (χ0v) is 9.08. The maximum absolute atomic E-state index is 10.7. The molecule has 0 amide bonds. The lowest BCUT2D eigenvalue weighted by Gasteiger charge is -1.97. The van der Waals surface area contributed by atoms with Gasteiger partial charge in [0.1, 0.15) is 0 Å². The van der Waals surface area contributed by atoms with Gasteiger partial charge in [0, 0.05) is 12.4 Å². The SMILES string of the molecule is Cc1cn2cc(C(=O)O)nc2c(C)n1.Cl. The van der Waals surface area contributed by atoms with Gasteiger partial charge in [-0.3, -0.25) is 4.98 Å². The number of hydrogen-bond donors (Lipinski definition) is 1. The van der Waals surface area contributed by atoms with Crippen LogP contribution in [0.4, 0.5) is 0 Å². The molecule has 0 aliphatic rings. The van der Waals surface area contributed by atoms with E-state index >= 15 is 0 Å². The molecule has 0 saturated carbocycles. The smallest absolute Gasteiger partial charge is 0.356 e. The minimum atomic E-state index is -1.02.